The van der Waals surface area contributed by atoms with E-state index in [4.69, 9.17) is 0 Å². The number of hydrogen-bond acceptors (Lipinski definition) is 4. The fourth-order valence-electron chi connectivity index (χ4n) is 3.67. The quantitative estimate of drug-likeness (QED) is 0.862. The molecule has 2 aliphatic rings. The van der Waals surface area contributed by atoms with Gasteiger partial charge < -0.3 is 5.32 Å². The van der Waals surface area contributed by atoms with Crippen LogP contribution < -0.4 is 5.32 Å². The van der Waals surface area contributed by atoms with E-state index >= 15 is 0 Å². The van der Waals surface area contributed by atoms with Crippen molar-refractivity contribution >= 4 is 9.84 Å². The molecule has 1 heterocycles. The lowest BCUT2D eigenvalue weighted by atomic mass is 9.84. The molecule has 1 saturated carbocycles. The second kappa shape index (κ2) is 6.17. The maximum Gasteiger partial charge on any atom is 0.153 e. The minimum absolute atomic E-state index is 0.145. The van der Waals surface area contributed by atoms with Gasteiger partial charge in [-0.05, 0) is 46.0 Å². The minimum atomic E-state index is -2.81. The van der Waals surface area contributed by atoms with Crippen molar-refractivity contribution in [2.75, 3.05) is 31.1 Å². The standard InChI is InChI=1S/C16H32N2O2S/c1-14-11-21(19,20)10-9-18(14)13-16(7-5-6-8-16)12-17-15(2,3)4/h14,17H,5-13H2,1-4H3. The van der Waals surface area contributed by atoms with Crippen molar-refractivity contribution in [3.05, 3.63) is 0 Å². The van der Waals surface area contributed by atoms with Gasteiger partial charge in [-0.1, -0.05) is 12.8 Å². The van der Waals surface area contributed by atoms with Gasteiger partial charge in [0.2, 0.25) is 0 Å². The summed E-state index contributed by atoms with van der Waals surface area (Å²) < 4.78 is 23.5. The number of nitrogens with zero attached hydrogens (tertiary/aromatic N) is 1. The van der Waals surface area contributed by atoms with Gasteiger partial charge in [-0.15, -0.1) is 0 Å². The molecule has 1 saturated heterocycles. The van der Waals surface area contributed by atoms with Crippen molar-refractivity contribution < 1.29 is 8.42 Å². The third kappa shape index (κ3) is 4.93. The van der Waals surface area contributed by atoms with Crippen molar-refractivity contribution in [2.24, 2.45) is 5.41 Å². The Kier molecular flexibility index (Phi) is 5.06. The van der Waals surface area contributed by atoms with E-state index in [2.05, 4.69) is 37.9 Å². The maximum absolute atomic E-state index is 11.7. The molecule has 0 amide bonds. The molecule has 1 aliphatic carbocycles. The second-order valence-electron chi connectivity index (χ2n) is 8.24. The van der Waals surface area contributed by atoms with Crippen molar-refractivity contribution in [3.8, 4) is 0 Å². The second-order valence-corrected chi connectivity index (χ2v) is 10.5. The van der Waals surface area contributed by atoms with E-state index in [1.165, 1.54) is 25.7 Å². The Morgan fingerprint density at radius 2 is 1.86 bits per heavy atom. The van der Waals surface area contributed by atoms with Crippen molar-refractivity contribution in [2.45, 2.75) is 65.0 Å². The van der Waals surface area contributed by atoms with Crippen LogP contribution in [0.1, 0.15) is 53.4 Å². The first-order valence-electron chi connectivity index (χ1n) is 8.30. The Morgan fingerprint density at radius 3 is 2.38 bits per heavy atom. The Morgan fingerprint density at radius 1 is 1.24 bits per heavy atom. The van der Waals surface area contributed by atoms with Crippen molar-refractivity contribution in [1.82, 2.24) is 10.2 Å². The molecule has 5 heteroatoms. The smallest absolute Gasteiger partial charge is 0.153 e. The molecule has 1 atom stereocenters. The van der Waals surface area contributed by atoms with Gasteiger partial charge in [0, 0.05) is 31.2 Å². The predicted octanol–water partition coefficient (Wildman–Crippen LogP) is 2.05. The molecule has 0 aromatic rings. The number of rotatable bonds is 4. The van der Waals surface area contributed by atoms with Gasteiger partial charge in [0.1, 0.15) is 0 Å². The average Bonchev–Trinajstić information content (AvgIpc) is 2.78. The SMILES string of the molecule is CC1CS(=O)(=O)CCN1CC1(CNC(C)(C)C)CCCC1. The lowest BCUT2D eigenvalue weighted by Gasteiger charge is -2.41. The molecule has 1 aliphatic heterocycles. The van der Waals surface area contributed by atoms with E-state index in [-0.39, 0.29) is 11.6 Å². The fourth-order valence-corrected chi connectivity index (χ4v) is 5.29. The molecular weight excluding hydrogens is 284 g/mol. The molecule has 21 heavy (non-hydrogen) atoms. The highest BCUT2D eigenvalue weighted by Gasteiger charge is 2.39. The molecular formula is C16H32N2O2S. The summed E-state index contributed by atoms with van der Waals surface area (Å²) in [7, 11) is -2.81. The van der Waals surface area contributed by atoms with Gasteiger partial charge in [-0.2, -0.15) is 0 Å². The normalized spacial score (nSPS) is 29.6. The zero-order valence-electron chi connectivity index (χ0n) is 14.1. The van der Waals surface area contributed by atoms with Gasteiger partial charge >= 0.3 is 0 Å². The lowest BCUT2D eigenvalue weighted by molar-refractivity contribution is 0.118. The average molecular weight is 317 g/mol. The molecule has 0 radical (unpaired) electrons. The summed E-state index contributed by atoms with van der Waals surface area (Å²) in [5.74, 6) is 0.663. The van der Waals surface area contributed by atoms with Crippen LogP contribution in [0.5, 0.6) is 0 Å². The highest BCUT2D eigenvalue weighted by molar-refractivity contribution is 7.91. The largest absolute Gasteiger partial charge is 0.311 e. The molecule has 2 rings (SSSR count). The molecule has 0 spiro atoms. The van der Waals surface area contributed by atoms with E-state index in [0.717, 1.165) is 13.1 Å². The van der Waals surface area contributed by atoms with Gasteiger partial charge in [0.05, 0.1) is 11.5 Å². The molecule has 0 bridgehead atoms. The van der Waals surface area contributed by atoms with Gasteiger partial charge in [-0.3, -0.25) is 4.90 Å². The van der Waals surface area contributed by atoms with E-state index < -0.39 is 9.84 Å². The fraction of sp³-hybridized carbons (Fsp3) is 1.00. The minimum Gasteiger partial charge on any atom is -0.311 e. The summed E-state index contributed by atoms with van der Waals surface area (Å²) >= 11 is 0. The molecule has 0 aromatic heterocycles. The van der Waals surface area contributed by atoms with E-state index in [1.54, 1.807) is 0 Å². The molecule has 2 fully saturated rings. The summed E-state index contributed by atoms with van der Waals surface area (Å²) in [6.45, 7) is 11.5. The van der Waals surface area contributed by atoms with Crippen molar-refractivity contribution in [3.63, 3.8) is 0 Å². The lowest BCUT2D eigenvalue weighted by Crippen LogP contribution is -2.53. The third-order valence-electron chi connectivity index (χ3n) is 5.00. The van der Waals surface area contributed by atoms with Crippen LogP contribution in [0, 0.1) is 5.41 Å². The van der Waals surface area contributed by atoms with Crippen LogP contribution in [0.3, 0.4) is 0 Å². The molecule has 124 valence electrons. The van der Waals surface area contributed by atoms with Gasteiger partial charge in [-0.25, -0.2) is 8.42 Å². The van der Waals surface area contributed by atoms with E-state index in [0.29, 0.717) is 23.5 Å². The maximum atomic E-state index is 11.7. The van der Waals surface area contributed by atoms with Crippen LogP contribution >= 0.6 is 0 Å². The van der Waals surface area contributed by atoms with Crippen molar-refractivity contribution in [1.29, 1.82) is 0 Å². The summed E-state index contributed by atoms with van der Waals surface area (Å²) in [6.07, 6.45) is 5.16. The van der Waals surface area contributed by atoms with Gasteiger partial charge in [0.25, 0.3) is 0 Å². The summed E-state index contributed by atoms with van der Waals surface area (Å²) in [5, 5.41) is 3.68. The third-order valence-corrected chi connectivity index (χ3v) is 6.80. The first kappa shape index (κ1) is 17.2. The zero-order chi connectivity index (χ0) is 15.7. The van der Waals surface area contributed by atoms with E-state index in [9.17, 15) is 8.42 Å². The molecule has 4 nitrogen and oxygen atoms in total. The summed E-state index contributed by atoms with van der Waals surface area (Å²) in [4.78, 5) is 2.41. The zero-order valence-corrected chi connectivity index (χ0v) is 14.9. The number of nitrogens with one attached hydrogen (secondary N) is 1. The Bertz CT molecular complexity index is 447. The number of sulfone groups is 1. The van der Waals surface area contributed by atoms with Crippen LogP contribution in [0.2, 0.25) is 0 Å². The summed E-state index contributed by atoms with van der Waals surface area (Å²) in [5.41, 5.74) is 0.481. The van der Waals surface area contributed by atoms with Crippen LogP contribution in [0.15, 0.2) is 0 Å². The van der Waals surface area contributed by atoms with E-state index in [1.807, 2.05) is 0 Å². The van der Waals surface area contributed by atoms with Crippen LogP contribution in [0.25, 0.3) is 0 Å². The van der Waals surface area contributed by atoms with Crippen LogP contribution in [-0.4, -0.2) is 56.0 Å². The Labute approximate surface area is 130 Å². The highest BCUT2D eigenvalue weighted by atomic mass is 32.2. The summed E-state index contributed by atoms with van der Waals surface area (Å²) in [6, 6.07) is 0.163. The first-order chi connectivity index (χ1) is 9.61. The monoisotopic (exact) mass is 316 g/mol. The number of hydrogen-bond donors (Lipinski definition) is 1. The van der Waals surface area contributed by atoms with Crippen LogP contribution in [-0.2, 0) is 9.84 Å². The topological polar surface area (TPSA) is 49.4 Å². The Balaban J connectivity index is 2.00. The Hall–Kier alpha value is -0.130. The first-order valence-corrected chi connectivity index (χ1v) is 10.1. The van der Waals surface area contributed by atoms with Gasteiger partial charge in [0.15, 0.2) is 9.84 Å². The molecule has 1 N–H and O–H groups in total. The predicted molar refractivity (Wildman–Crippen MR) is 88.3 cm³/mol. The van der Waals surface area contributed by atoms with Crippen LogP contribution in [0.4, 0.5) is 0 Å². The molecule has 0 aromatic carbocycles. The highest BCUT2D eigenvalue weighted by Crippen LogP contribution is 2.39. The molecule has 1 unspecified atom stereocenters.